The van der Waals surface area contributed by atoms with Crippen molar-refractivity contribution in [3.8, 4) is 5.75 Å². The largest absolute Gasteiger partial charge is 0.482 e. The molecule has 0 aromatic heterocycles. The highest BCUT2D eigenvalue weighted by molar-refractivity contribution is 7.88. The molecular formula is C14H20Cl2N2O4S. The number of nitrogens with zero attached hydrogens (tertiary/aromatic N) is 1. The van der Waals surface area contributed by atoms with Crippen molar-refractivity contribution in [3.63, 3.8) is 0 Å². The summed E-state index contributed by atoms with van der Waals surface area (Å²) in [7, 11) is -3.31. The number of benzene rings is 1. The molecule has 0 fully saturated rings. The molecule has 1 aromatic rings. The number of ether oxygens (including phenoxy) is 1. The molecule has 0 bridgehead atoms. The first kappa shape index (κ1) is 20.0. The lowest BCUT2D eigenvalue weighted by atomic mass is 10.3. The molecule has 0 spiro atoms. The lowest BCUT2D eigenvalue weighted by molar-refractivity contribution is -0.123. The Morgan fingerprint density at radius 1 is 1.35 bits per heavy atom. The van der Waals surface area contributed by atoms with E-state index in [9.17, 15) is 13.2 Å². The Morgan fingerprint density at radius 3 is 2.52 bits per heavy atom. The van der Waals surface area contributed by atoms with Gasteiger partial charge in [-0.1, -0.05) is 23.2 Å². The van der Waals surface area contributed by atoms with Crippen LogP contribution in [-0.4, -0.2) is 50.6 Å². The molecule has 1 rings (SSSR count). The second-order valence-electron chi connectivity index (χ2n) is 5.18. The Morgan fingerprint density at radius 2 is 2.00 bits per heavy atom. The molecule has 0 heterocycles. The van der Waals surface area contributed by atoms with Crippen LogP contribution in [0.2, 0.25) is 10.0 Å². The van der Waals surface area contributed by atoms with Crippen molar-refractivity contribution in [2.24, 2.45) is 0 Å². The van der Waals surface area contributed by atoms with Crippen molar-refractivity contribution in [1.82, 2.24) is 9.62 Å². The number of carbonyl (C=O) groups excluding carboxylic acids is 1. The van der Waals surface area contributed by atoms with Gasteiger partial charge in [0.2, 0.25) is 10.0 Å². The van der Waals surface area contributed by atoms with E-state index < -0.39 is 10.0 Å². The summed E-state index contributed by atoms with van der Waals surface area (Å²) in [5.41, 5.74) is 0. The van der Waals surface area contributed by atoms with Crippen molar-refractivity contribution >= 4 is 39.1 Å². The predicted octanol–water partition coefficient (Wildman–Crippen LogP) is 2.16. The van der Waals surface area contributed by atoms with Gasteiger partial charge in [-0.3, -0.25) is 4.79 Å². The molecule has 0 unspecified atom stereocenters. The second-order valence-corrected chi connectivity index (χ2v) is 7.96. The molecule has 0 aliphatic heterocycles. The molecule has 0 aliphatic rings. The van der Waals surface area contributed by atoms with Gasteiger partial charge in [0.15, 0.2) is 6.61 Å². The SMILES string of the molecule is CC(C)N(CCNC(=O)COc1ccc(Cl)cc1Cl)S(C)(=O)=O. The number of carbonyl (C=O) groups is 1. The van der Waals surface area contributed by atoms with Crippen LogP contribution in [0.15, 0.2) is 18.2 Å². The zero-order valence-corrected chi connectivity index (χ0v) is 15.5. The molecule has 0 radical (unpaired) electrons. The van der Waals surface area contributed by atoms with Crippen LogP contribution in [0.5, 0.6) is 5.75 Å². The van der Waals surface area contributed by atoms with Crippen LogP contribution in [0.4, 0.5) is 0 Å². The molecule has 9 heteroatoms. The fraction of sp³-hybridized carbons (Fsp3) is 0.500. The van der Waals surface area contributed by atoms with Crippen LogP contribution < -0.4 is 10.1 Å². The van der Waals surface area contributed by atoms with Crippen LogP contribution in [0.3, 0.4) is 0 Å². The summed E-state index contributed by atoms with van der Waals surface area (Å²) >= 11 is 11.7. The molecule has 0 aliphatic carbocycles. The minimum atomic E-state index is -3.31. The van der Waals surface area contributed by atoms with Gasteiger partial charge in [0.05, 0.1) is 11.3 Å². The summed E-state index contributed by atoms with van der Waals surface area (Å²) in [6, 6.07) is 4.52. The maximum atomic E-state index is 11.7. The summed E-state index contributed by atoms with van der Waals surface area (Å²) in [5.74, 6) is -0.0145. The van der Waals surface area contributed by atoms with E-state index in [1.54, 1.807) is 26.0 Å². The molecule has 0 saturated carbocycles. The third-order valence-electron chi connectivity index (χ3n) is 2.91. The minimum absolute atomic E-state index is 0.175. The van der Waals surface area contributed by atoms with E-state index in [0.29, 0.717) is 15.8 Å². The van der Waals surface area contributed by atoms with Crippen molar-refractivity contribution in [2.75, 3.05) is 26.0 Å². The van der Waals surface area contributed by atoms with Gasteiger partial charge in [-0.05, 0) is 32.0 Å². The van der Waals surface area contributed by atoms with Crippen LogP contribution in [-0.2, 0) is 14.8 Å². The zero-order valence-electron chi connectivity index (χ0n) is 13.2. The third-order valence-corrected chi connectivity index (χ3v) is 4.90. The molecule has 0 saturated heterocycles. The van der Waals surface area contributed by atoms with Gasteiger partial charge < -0.3 is 10.1 Å². The Balaban J connectivity index is 2.43. The van der Waals surface area contributed by atoms with Gasteiger partial charge in [0.1, 0.15) is 5.75 Å². The Hall–Kier alpha value is -1.02. The highest BCUT2D eigenvalue weighted by atomic mass is 35.5. The van der Waals surface area contributed by atoms with Crippen LogP contribution in [0.1, 0.15) is 13.8 Å². The number of hydrogen-bond acceptors (Lipinski definition) is 4. The smallest absolute Gasteiger partial charge is 0.257 e. The van der Waals surface area contributed by atoms with Crippen molar-refractivity contribution in [3.05, 3.63) is 28.2 Å². The summed E-state index contributed by atoms with van der Waals surface area (Å²) in [6.45, 7) is 3.72. The molecule has 1 aromatic carbocycles. The lowest BCUT2D eigenvalue weighted by Gasteiger charge is -2.23. The monoisotopic (exact) mass is 382 g/mol. The maximum absolute atomic E-state index is 11.7. The summed E-state index contributed by atoms with van der Waals surface area (Å²) in [4.78, 5) is 11.7. The quantitative estimate of drug-likeness (QED) is 0.747. The topological polar surface area (TPSA) is 75.7 Å². The standard InChI is InChI=1S/C14H20Cl2N2O4S/c1-10(2)18(23(3,20)21)7-6-17-14(19)9-22-13-5-4-11(15)8-12(13)16/h4-5,8,10H,6-7,9H2,1-3H3,(H,17,19). The highest BCUT2D eigenvalue weighted by Gasteiger charge is 2.19. The number of nitrogens with one attached hydrogen (secondary N) is 1. The Bertz CT molecular complexity index is 650. The van der Waals surface area contributed by atoms with Gasteiger partial charge in [0, 0.05) is 24.2 Å². The lowest BCUT2D eigenvalue weighted by Crippen LogP contribution is -2.42. The summed E-state index contributed by atoms with van der Waals surface area (Å²) in [6.07, 6.45) is 1.14. The van der Waals surface area contributed by atoms with E-state index in [0.717, 1.165) is 6.26 Å². The van der Waals surface area contributed by atoms with E-state index in [-0.39, 0.29) is 31.6 Å². The van der Waals surface area contributed by atoms with E-state index in [2.05, 4.69) is 5.32 Å². The first-order valence-electron chi connectivity index (χ1n) is 6.92. The van der Waals surface area contributed by atoms with Gasteiger partial charge in [-0.2, -0.15) is 4.31 Å². The van der Waals surface area contributed by atoms with Gasteiger partial charge >= 0.3 is 0 Å². The Kier molecular flexibility index (Phi) is 7.60. The van der Waals surface area contributed by atoms with Crippen molar-refractivity contribution < 1.29 is 17.9 Å². The van der Waals surface area contributed by atoms with Crippen LogP contribution in [0.25, 0.3) is 0 Å². The summed E-state index contributed by atoms with van der Waals surface area (Å²) < 4.78 is 29.8. The van der Waals surface area contributed by atoms with Crippen molar-refractivity contribution in [2.45, 2.75) is 19.9 Å². The summed E-state index contributed by atoms with van der Waals surface area (Å²) in [5, 5.41) is 3.39. The second kappa shape index (κ2) is 8.73. The average Bonchev–Trinajstić information content (AvgIpc) is 2.40. The number of rotatable bonds is 8. The fourth-order valence-electron chi connectivity index (χ4n) is 1.90. The number of amides is 1. The molecule has 0 atom stereocenters. The van der Waals surface area contributed by atoms with E-state index in [1.807, 2.05) is 0 Å². The Labute approximate surface area is 146 Å². The molecule has 1 N–H and O–H groups in total. The molecule has 23 heavy (non-hydrogen) atoms. The molecule has 1 amide bonds. The number of sulfonamides is 1. The molecular weight excluding hydrogens is 363 g/mol. The third kappa shape index (κ3) is 6.95. The van der Waals surface area contributed by atoms with Gasteiger partial charge in [-0.25, -0.2) is 8.42 Å². The van der Waals surface area contributed by atoms with Crippen LogP contribution >= 0.6 is 23.2 Å². The highest BCUT2D eigenvalue weighted by Crippen LogP contribution is 2.27. The van der Waals surface area contributed by atoms with E-state index >= 15 is 0 Å². The van der Waals surface area contributed by atoms with Crippen LogP contribution in [0, 0.1) is 0 Å². The first-order chi connectivity index (χ1) is 10.6. The maximum Gasteiger partial charge on any atom is 0.257 e. The van der Waals surface area contributed by atoms with E-state index in [1.165, 1.54) is 10.4 Å². The molecule has 130 valence electrons. The molecule has 6 nitrogen and oxygen atoms in total. The van der Waals surface area contributed by atoms with Gasteiger partial charge in [0.25, 0.3) is 5.91 Å². The van der Waals surface area contributed by atoms with Gasteiger partial charge in [-0.15, -0.1) is 0 Å². The first-order valence-corrected chi connectivity index (χ1v) is 9.53. The fourth-order valence-corrected chi connectivity index (χ4v) is 3.55. The zero-order chi connectivity index (χ0) is 17.6. The predicted molar refractivity (Wildman–Crippen MR) is 91.7 cm³/mol. The van der Waals surface area contributed by atoms with E-state index in [4.69, 9.17) is 27.9 Å². The normalized spacial score (nSPS) is 11.8. The number of hydrogen-bond donors (Lipinski definition) is 1. The number of halogens is 2. The minimum Gasteiger partial charge on any atom is -0.482 e. The average molecular weight is 383 g/mol. The van der Waals surface area contributed by atoms with Crippen molar-refractivity contribution in [1.29, 1.82) is 0 Å².